The minimum absolute atomic E-state index is 0.933. The maximum absolute atomic E-state index is 3.55. The number of rotatable bonds is 5. The van der Waals surface area contributed by atoms with Crippen LogP contribution in [0.15, 0.2) is 30.3 Å². The molecule has 0 saturated carbocycles. The molecular weight excluding hydrogens is 232 g/mol. The summed E-state index contributed by atoms with van der Waals surface area (Å²) in [6.45, 7) is 11.7. The summed E-state index contributed by atoms with van der Waals surface area (Å²) in [6.07, 6.45) is 0. The Kier molecular flexibility index (Phi) is 4.43. The summed E-state index contributed by atoms with van der Waals surface area (Å²) in [5.74, 6) is 0. The van der Waals surface area contributed by atoms with Crippen LogP contribution in [0.25, 0.3) is 0 Å². The summed E-state index contributed by atoms with van der Waals surface area (Å²) in [4.78, 5) is 0. The average Bonchev–Trinajstić information content (AvgIpc) is 2.66. The first-order valence-corrected chi connectivity index (χ1v) is 7.04. The highest BCUT2D eigenvalue weighted by molar-refractivity contribution is 5.28. The number of nitrogens with one attached hydrogen (secondary N) is 1. The van der Waals surface area contributed by atoms with E-state index in [9.17, 15) is 0 Å². The minimum atomic E-state index is 0.933. The van der Waals surface area contributed by atoms with Crippen LogP contribution in [0, 0.1) is 20.8 Å². The zero-order valence-corrected chi connectivity index (χ0v) is 12.5. The highest BCUT2D eigenvalue weighted by Crippen LogP contribution is 2.15. The van der Waals surface area contributed by atoms with Crippen molar-refractivity contribution in [3.8, 4) is 0 Å². The third-order valence-electron chi connectivity index (χ3n) is 3.89. The lowest BCUT2D eigenvalue weighted by Gasteiger charge is -2.09. The maximum Gasteiger partial charge on any atom is 0.0226 e. The molecule has 0 fully saturated rings. The summed E-state index contributed by atoms with van der Waals surface area (Å²) < 4.78 is 2.37. The molecule has 0 bridgehead atoms. The molecule has 0 atom stereocenters. The van der Waals surface area contributed by atoms with Crippen molar-refractivity contribution >= 4 is 0 Å². The first-order valence-electron chi connectivity index (χ1n) is 7.04. The molecule has 19 heavy (non-hydrogen) atoms. The van der Waals surface area contributed by atoms with Crippen molar-refractivity contribution in [1.29, 1.82) is 0 Å². The van der Waals surface area contributed by atoms with Crippen molar-refractivity contribution in [3.05, 3.63) is 58.4 Å². The second-order valence-corrected chi connectivity index (χ2v) is 5.17. The van der Waals surface area contributed by atoms with Crippen molar-refractivity contribution in [2.24, 2.45) is 0 Å². The van der Waals surface area contributed by atoms with Crippen LogP contribution in [-0.4, -0.2) is 4.57 Å². The molecule has 0 aliphatic carbocycles. The Balaban J connectivity index is 1.98. The van der Waals surface area contributed by atoms with E-state index in [1.165, 1.54) is 28.1 Å². The third kappa shape index (κ3) is 3.07. The van der Waals surface area contributed by atoms with Gasteiger partial charge in [0.2, 0.25) is 0 Å². The summed E-state index contributed by atoms with van der Waals surface area (Å²) in [5, 5.41) is 3.55. The van der Waals surface area contributed by atoms with E-state index in [-0.39, 0.29) is 0 Å². The lowest BCUT2D eigenvalue weighted by atomic mass is 10.1. The van der Waals surface area contributed by atoms with Gasteiger partial charge in [0.25, 0.3) is 0 Å². The van der Waals surface area contributed by atoms with Gasteiger partial charge in [-0.15, -0.1) is 0 Å². The maximum atomic E-state index is 3.55. The molecule has 0 unspecified atom stereocenters. The smallest absolute Gasteiger partial charge is 0.0226 e. The standard InChI is InChI=1S/C17H24N2/c1-5-19-14(3)10-17(15(19)4)12-18-11-16-9-7-6-8-13(16)2/h6-10,18H,5,11-12H2,1-4H3. The van der Waals surface area contributed by atoms with Crippen molar-refractivity contribution in [2.75, 3.05) is 0 Å². The van der Waals surface area contributed by atoms with Crippen LogP contribution in [0.5, 0.6) is 0 Å². The fraction of sp³-hybridized carbons (Fsp3) is 0.412. The molecule has 0 aliphatic rings. The molecule has 2 heteroatoms. The second-order valence-electron chi connectivity index (χ2n) is 5.17. The topological polar surface area (TPSA) is 17.0 Å². The third-order valence-corrected chi connectivity index (χ3v) is 3.89. The molecule has 1 heterocycles. The number of aromatic nitrogens is 1. The molecule has 2 nitrogen and oxygen atoms in total. The fourth-order valence-corrected chi connectivity index (χ4v) is 2.68. The van der Waals surface area contributed by atoms with Gasteiger partial charge in [-0.2, -0.15) is 0 Å². The van der Waals surface area contributed by atoms with Gasteiger partial charge in [0.05, 0.1) is 0 Å². The molecule has 1 N–H and O–H groups in total. The monoisotopic (exact) mass is 256 g/mol. The summed E-state index contributed by atoms with van der Waals surface area (Å²) in [5.41, 5.74) is 6.89. The molecule has 1 aromatic carbocycles. The van der Waals surface area contributed by atoms with Gasteiger partial charge in [-0.05, 0) is 50.5 Å². The van der Waals surface area contributed by atoms with Crippen LogP contribution in [0.2, 0.25) is 0 Å². The van der Waals surface area contributed by atoms with E-state index >= 15 is 0 Å². The first-order chi connectivity index (χ1) is 9.13. The highest BCUT2D eigenvalue weighted by Gasteiger charge is 2.07. The lowest BCUT2D eigenvalue weighted by Crippen LogP contribution is -2.14. The van der Waals surface area contributed by atoms with Crippen LogP contribution in [0.1, 0.15) is 35.0 Å². The van der Waals surface area contributed by atoms with E-state index in [4.69, 9.17) is 0 Å². The Morgan fingerprint density at radius 1 is 1.00 bits per heavy atom. The predicted octanol–water partition coefficient (Wildman–Crippen LogP) is 3.72. The van der Waals surface area contributed by atoms with Crippen molar-refractivity contribution in [2.45, 2.75) is 47.3 Å². The number of hydrogen-bond donors (Lipinski definition) is 1. The SMILES string of the molecule is CCn1c(C)cc(CNCc2ccccc2C)c1C. The van der Waals surface area contributed by atoms with Gasteiger partial charge in [-0.1, -0.05) is 24.3 Å². The van der Waals surface area contributed by atoms with E-state index in [0.717, 1.165) is 19.6 Å². The molecule has 0 spiro atoms. The highest BCUT2D eigenvalue weighted by atomic mass is 15.0. The van der Waals surface area contributed by atoms with Gasteiger partial charge in [-0.25, -0.2) is 0 Å². The molecule has 0 aliphatic heterocycles. The molecule has 0 amide bonds. The number of hydrogen-bond acceptors (Lipinski definition) is 1. The van der Waals surface area contributed by atoms with Crippen molar-refractivity contribution in [3.63, 3.8) is 0 Å². The molecule has 102 valence electrons. The average molecular weight is 256 g/mol. The van der Waals surface area contributed by atoms with Gasteiger partial charge in [0.15, 0.2) is 0 Å². The predicted molar refractivity (Wildman–Crippen MR) is 81.3 cm³/mol. The molecule has 0 radical (unpaired) electrons. The fourth-order valence-electron chi connectivity index (χ4n) is 2.68. The quantitative estimate of drug-likeness (QED) is 0.862. The Morgan fingerprint density at radius 3 is 2.32 bits per heavy atom. The lowest BCUT2D eigenvalue weighted by molar-refractivity contribution is 0.674. The Hall–Kier alpha value is -1.54. The Bertz CT molecular complexity index is 552. The Labute approximate surface area is 116 Å². The molecule has 2 rings (SSSR count). The van der Waals surface area contributed by atoms with Crippen molar-refractivity contribution in [1.82, 2.24) is 9.88 Å². The first kappa shape index (κ1) is 13.9. The van der Waals surface area contributed by atoms with Gasteiger partial charge < -0.3 is 9.88 Å². The van der Waals surface area contributed by atoms with Gasteiger partial charge in [0.1, 0.15) is 0 Å². The molecule has 1 aromatic heterocycles. The number of aryl methyl sites for hydroxylation is 2. The van der Waals surface area contributed by atoms with Crippen LogP contribution in [0.4, 0.5) is 0 Å². The van der Waals surface area contributed by atoms with Crippen LogP contribution in [-0.2, 0) is 19.6 Å². The summed E-state index contributed by atoms with van der Waals surface area (Å²) >= 11 is 0. The molecular formula is C17H24N2. The van der Waals surface area contributed by atoms with Crippen LogP contribution in [0.3, 0.4) is 0 Å². The van der Waals surface area contributed by atoms with Gasteiger partial charge in [0, 0.05) is 31.0 Å². The zero-order chi connectivity index (χ0) is 13.8. The second kappa shape index (κ2) is 6.07. The summed E-state index contributed by atoms with van der Waals surface area (Å²) in [7, 11) is 0. The van der Waals surface area contributed by atoms with Gasteiger partial charge in [-0.3, -0.25) is 0 Å². The molecule has 2 aromatic rings. The van der Waals surface area contributed by atoms with E-state index in [1.54, 1.807) is 0 Å². The van der Waals surface area contributed by atoms with Crippen molar-refractivity contribution < 1.29 is 0 Å². The van der Waals surface area contributed by atoms with Gasteiger partial charge >= 0.3 is 0 Å². The summed E-state index contributed by atoms with van der Waals surface area (Å²) in [6, 6.07) is 10.8. The minimum Gasteiger partial charge on any atom is -0.349 e. The molecule has 0 saturated heterocycles. The zero-order valence-electron chi connectivity index (χ0n) is 12.5. The number of nitrogens with zero attached hydrogens (tertiary/aromatic N) is 1. The normalized spacial score (nSPS) is 10.9. The van der Waals surface area contributed by atoms with Crippen LogP contribution < -0.4 is 5.32 Å². The Morgan fingerprint density at radius 2 is 1.68 bits per heavy atom. The number of benzene rings is 1. The van der Waals surface area contributed by atoms with Crippen LogP contribution >= 0.6 is 0 Å². The largest absolute Gasteiger partial charge is 0.349 e. The van der Waals surface area contributed by atoms with E-state index in [1.807, 2.05) is 0 Å². The van der Waals surface area contributed by atoms with E-state index < -0.39 is 0 Å². The van der Waals surface area contributed by atoms with E-state index in [0.29, 0.717) is 0 Å². The van der Waals surface area contributed by atoms with E-state index in [2.05, 4.69) is 67.9 Å².